The van der Waals surface area contributed by atoms with Crippen molar-refractivity contribution >= 4 is 16.5 Å². The summed E-state index contributed by atoms with van der Waals surface area (Å²) < 4.78 is 16.4. The molecule has 0 saturated carbocycles. The summed E-state index contributed by atoms with van der Waals surface area (Å²) in [7, 11) is 0. The predicted molar refractivity (Wildman–Crippen MR) is 80.7 cm³/mol. The maximum Gasteiger partial charge on any atom is 0.208 e. The minimum Gasteiger partial charge on any atom is -0.364 e. The fourth-order valence-electron chi connectivity index (χ4n) is 3.13. The van der Waals surface area contributed by atoms with E-state index in [9.17, 15) is 0 Å². The van der Waals surface area contributed by atoms with Crippen LogP contribution in [0.3, 0.4) is 0 Å². The van der Waals surface area contributed by atoms with Gasteiger partial charge >= 0.3 is 0 Å². The Balaban J connectivity index is 1.41. The summed E-state index contributed by atoms with van der Waals surface area (Å²) in [5.74, 6) is 0.0354. The van der Waals surface area contributed by atoms with Crippen molar-refractivity contribution in [3.8, 4) is 10.7 Å². The second kappa shape index (κ2) is 5.60. The lowest BCUT2D eigenvalue weighted by Gasteiger charge is -2.38. The van der Waals surface area contributed by atoms with Crippen molar-refractivity contribution in [3.63, 3.8) is 0 Å². The van der Waals surface area contributed by atoms with E-state index < -0.39 is 5.79 Å². The van der Waals surface area contributed by atoms with Gasteiger partial charge in [0.25, 0.3) is 0 Å². The molecule has 4 rings (SSSR count). The summed E-state index contributed by atoms with van der Waals surface area (Å²) in [6, 6.07) is 1.80. The molecule has 8 heteroatoms. The van der Waals surface area contributed by atoms with Crippen LogP contribution >= 0.6 is 11.3 Å². The molecule has 4 heterocycles. The van der Waals surface area contributed by atoms with Crippen molar-refractivity contribution in [2.75, 3.05) is 31.2 Å². The predicted octanol–water partition coefficient (Wildman–Crippen LogP) is 2.17. The summed E-state index contributed by atoms with van der Waals surface area (Å²) in [6.45, 7) is 5.36. The summed E-state index contributed by atoms with van der Waals surface area (Å²) in [5.41, 5.74) is 0.735. The van der Waals surface area contributed by atoms with Gasteiger partial charge in [-0.3, -0.25) is 0 Å². The lowest BCUT2D eigenvalue weighted by molar-refractivity contribution is -0.185. The first-order chi connectivity index (χ1) is 10.7. The first-order valence-corrected chi connectivity index (χ1v) is 8.33. The number of ether oxygens (including phenoxy) is 2. The molecule has 22 heavy (non-hydrogen) atoms. The molecule has 2 aromatic rings. The number of hydrogen-bond donors (Lipinski definition) is 0. The van der Waals surface area contributed by atoms with Gasteiger partial charge in [0, 0.05) is 25.1 Å². The van der Waals surface area contributed by atoms with Crippen LogP contribution in [0.4, 0.5) is 5.13 Å². The van der Waals surface area contributed by atoms with Gasteiger partial charge in [-0.05, 0) is 19.8 Å². The fourth-order valence-corrected chi connectivity index (χ4v) is 3.99. The van der Waals surface area contributed by atoms with Crippen LogP contribution < -0.4 is 4.90 Å². The highest BCUT2D eigenvalue weighted by Crippen LogP contribution is 2.37. The quantitative estimate of drug-likeness (QED) is 0.857. The highest BCUT2D eigenvalue weighted by Gasteiger charge is 2.41. The Morgan fingerprint density at radius 2 is 2.00 bits per heavy atom. The van der Waals surface area contributed by atoms with E-state index in [-0.39, 0.29) is 0 Å². The summed E-state index contributed by atoms with van der Waals surface area (Å²) >= 11 is 1.55. The monoisotopic (exact) mass is 322 g/mol. The number of nitrogens with zero attached hydrogens (tertiary/aromatic N) is 4. The molecule has 0 radical (unpaired) electrons. The Kier molecular flexibility index (Phi) is 3.59. The summed E-state index contributed by atoms with van der Waals surface area (Å²) in [5, 5.41) is 14.1. The molecule has 0 bridgehead atoms. The van der Waals surface area contributed by atoms with Gasteiger partial charge in [-0.25, -0.2) is 0 Å². The van der Waals surface area contributed by atoms with Gasteiger partial charge in [0.2, 0.25) is 5.13 Å². The fraction of sp³-hybridized carbons (Fsp3) is 0.643. The number of aromatic nitrogens is 3. The van der Waals surface area contributed by atoms with E-state index in [1.165, 1.54) is 0 Å². The zero-order chi connectivity index (χ0) is 15.0. The minimum atomic E-state index is -0.404. The van der Waals surface area contributed by atoms with E-state index in [2.05, 4.69) is 27.2 Å². The van der Waals surface area contributed by atoms with Gasteiger partial charge < -0.3 is 18.9 Å². The van der Waals surface area contributed by atoms with E-state index in [0.29, 0.717) is 19.1 Å². The molecule has 0 aliphatic carbocycles. The molecule has 0 atom stereocenters. The Morgan fingerprint density at radius 1 is 1.23 bits per heavy atom. The number of anilines is 1. The van der Waals surface area contributed by atoms with Gasteiger partial charge in [-0.15, -0.1) is 10.2 Å². The minimum absolute atomic E-state index is 0.404. The molecule has 118 valence electrons. The highest BCUT2D eigenvalue weighted by atomic mass is 32.1. The Bertz CT molecular complexity index is 616. The van der Waals surface area contributed by atoms with Crippen LogP contribution in [0.15, 0.2) is 16.9 Å². The SMILES string of the molecule is CC1(C2CCN(c3nnc(-c4ccon4)s3)CC2)OCCO1. The maximum atomic E-state index is 5.79. The highest BCUT2D eigenvalue weighted by molar-refractivity contribution is 7.18. The van der Waals surface area contributed by atoms with E-state index in [1.807, 2.05) is 0 Å². The van der Waals surface area contributed by atoms with Gasteiger partial charge in [0.1, 0.15) is 12.0 Å². The van der Waals surface area contributed by atoms with Crippen molar-refractivity contribution in [3.05, 3.63) is 12.3 Å². The molecule has 0 spiro atoms. The first-order valence-electron chi connectivity index (χ1n) is 7.52. The molecule has 2 fully saturated rings. The molecule has 0 unspecified atom stereocenters. The van der Waals surface area contributed by atoms with Gasteiger partial charge in [-0.1, -0.05) is 16.5 Å². The third kappa shape index (κ3) is 2.51. The largest absolute Gasteiger partial charge is 0.364 e. The number of hydrogen-bond acceptors (Lipinski definition) is 8. The smallest absolute Gasteiger partial charge is 0.208 e. The second-order valence-electron chi connectivity index (χ2n) is 5.75. The topological polar surface area (TPSA) is 73.5 Å². The van der Waals surface area contributed by atoms with Crippen molar-refractivity contribution < 1.29 is 14.0 Å². The third-order valence-electron chi connectivity index (χ3n) is 4.44. The average Bonchev–Trinajstić information content (AvgIpc) is 3.29. The van der Waals surface area contributed by atoms with E-state index in [0.717, 1.165) is 41.8 Å². The summed E-state index contributed by atoms with van der Waals surface area (Å²) in [6.07, 6.45) is 3.62. The van der Waals surface area contributed by atoms with Crippen LogP contribution in [-0.2, 0) is 9.47 Å². The van der Waals surface area contributed by atoms with Crippen molar-refractivity contribution in [1.82, 2.24) is 15.4 Å². The Labute approximate surface area is 132 Å². The van der Waals surface area contributed by atoms with E-state index >= 15 is 0 Å². The molecule has 2 aromatic heterocycles. The summed E-state index contributed by atoms with van der Waals surface area (Å²) in [4.78, 5) is 2.27. The Morgan fingerprint density at radius 3 is 2.68 bits per heavy atom. The number of rotatable bonds is 3. The maximum absolute atomic E-state index is 5.79. The van der Waals surface area contributed by atoms with Crippen molar-refractivity contribution in [1.29, 1.82) is 0 Å². The average molecular weight is 322 g/mol. The Hall–Kier alpha value is -1.51. The van der Waals surface area contributed by atoms with Crippen LogP contribution in [0.2, 0.25) is 0 Å². The molecule has 0 N–H and O–H groups in total. The molecule has 2 aliphatic heterocycles. The lowest BCUT2D eigenvalue weighted by atomic mass is 9.89. The normalized spacial score (nSPS) is 22.3. The second-order valence-corrected chi connectivity index (χ2v) is 6.70. The zero-order valence-corrected chi connectivity index (χ0v) is 13.2. The van der Waals surface area contributed by atoms with Crippen molar-refractivity contribution in [2.45, 2.75) is 25.6 Å². The first kappa shape index (κ1) is 14.1. The van der Waals surface area contributed by atoms with Gasteiger partial charge in [0.05, 0.1) is 13.2 Å². The molecule has 0 aromatic carbocycles. The van der Waals surface area contributed by atoms with Crippen LogP contribution in [0, 0.1) is 5.92 Å². The third-order valence-corrected chi connectivity index (χ3v) is 5.45. The molecular formula is C14H18N4O3S. The molecule has 2 aliphatic rings. The molecular weight excluding hydrogens is 304 g/mol. The van der Waals surface area contributed by atoms with Gasteiger partial charge in [0.15, 0.2) is 10.8 Å². The number of piperidine rings is 1. The van der Waals surface area contributed by atoms with Crippen LogP contribution in [0.1, 0.15) is 19.8 Å². The van der Waals surface area contributed by atoms with Crippen LogP contribution in [0.25, 0.3) is 10.7 Å². The van der Waals surface area contributed by atoms with Crippen molar-refractivity contribution in [2.24, 2.45) is 5.92 Å². The molecule has 7 nitrogen and oxygen atoms in total. The van der Waals surface area contributed by atoms with Crippen LogP contribution in [-0.4, -0.2) is 47.4 Å². The van der Waals surface area contributed by atoms with E-state index in [4.69, 9.17) is 14.0 Å². The van der Waals surface area contributed by atoms with Crippen LogP contribution in [0.5, 0.6) is 0 Å². The molecule has 0 amide bonds. The zero-order valence-electron chi connectivity index (χ0n) is 12.4. The van der Waals surface area contributed by atoms with E-state index in [1.54, 1.807) is 23.7 Å². The lowest BCUT2D eigenvalue weighted by Crippen LogP contribution is -2.44. The van der Waals surface area contributed by atoms with Gasteiger partial charge in [-0.2, -0.15) is 0 Å². The molecule has 2 saturated heterocycles. The standard InChI is InChI=1S/C14H18N4O3S/c1-14(19-8-9-20-14)10-2-5-18(6-3-10)13-16-15-12(22-13)11-4-7-21-17-11/h4,7,10H,2-3,5-6,8-9H2,1H3.